The molecule has 6 nitrogen and oxygen atoms in total. The third kappa shape index (κ3) is 3.01. The summed E-state index contributed by atoms with van der Waals surface area (Å²) < 4.78 is 19.4. The highest BCUT2D eigenvalue weighted by molar-refractivity contribution is 5.96. The van der Waals surface area contributed by atoms with Gasteiger partial charge >= 0.3 is 6.03 Å². The first-order chi connectivity index (χ1) is 14.6. The van der Waals surface area contributed by atoms with E-state index in [2.05, 4.69) is 27.4 Å². The molecular weight excluding hydrogens is 383 g/mol. The number of fused-ring (bicyclic) bond motifs is 2. The van der Waals surface area contributed by atoms with Gasteiger partial charge in [0, 0.05) is 43.0 Å². The first-order valence-electron chi connectivity index (χ1n) is 10.1. The Morgan fingerprint density at radius 2 is 2.13 bits per heavy atom. The molecule has 7 heteroatoms. The van der Waals surface area contributed by atoms with Gasteiger partial charge in [0.15, 0.2) is 0 Å². The monoisotopic (exact) mass is 406 g/mol. The highest BCUT2D eigenvalue weighted by Gasteiger charge is 2.38. The summed E-state index contributed by atoms with van der Waals surface area (Å²) in [6.07, 6.45) is 4.92. The molecule has 1 aliphatic heterocycles. The number of hydrogen-bond donors (Lipinski definition) is 2. The quantitative estimate of drug-likeness (QED) is 0.689. The number of halogens is 1. The molecule has 1 saturated heterocycles. The molecule has 2 N–H and O–H groups in total. The van der Waals surface area contributed by atoms with Gasteiger partial charge in [0.25, 0.3) is 0 Å². The second-order valence-electron chi connectivity index (χ2n) is 7.93. The molecule has 2 atom stereocenters. The average Bonchev–Trinajstić information content (AvgIpc) is 3.45. The Hall–Kier alpha value is -3.35. The number of amides is 2. The molecule has 1 fully saturated rings. The van der Waals surface area contributed by atoms with Crippen LogP contribution in [0.2, 0.25) is 0 Å². The topological polar surface area (TPSA) is 70.2 Å². The van der Waals surface area contributed by atoms with E-state index in [0.29, 0.717) is 23.1 Å². The number of carbonyl (C=O) groups excluding carboxylic acids is 1. The van der Waals surface area contributed by atoms with E-state index >= 15 is 0 Å². The normalized spacial score (nSPS) is 20.4. The maximum Gasteiger partial charge on any atom is 0.317 e. The number of nitrogens with one attached hydrogen (secondary N) is 2. The van der Waals surface area contributed by atoms with Crippen LogP contribution in [0, 0.1) is 17.7 Å². The fourth-order valence-corrected chi connectivity index (χ4v) is 4.76. The van der Waals surface area contributed by atoms with Crippen molar-refractivity contribution in [2.45, 2.75) is 6.42 Å². The standard InChI is InChI=1S/C23H23FN4O2/c1-25-23(29)28-11-14-7-13(8-15(14)12-28)20-10-19-17(5-6-26-22(19)27-20)18-9-16(24)3-4-21(18)30-2/h3-7,9-10,14-15H,8,11-12H2,1-2H3,(H,25,29)(H,26,27)/t14-,15+/m0/s1. The van der Waals surface area contributed by atoms with Crippen molar-refractivity contribution in [1.29, 1.82) is 0 Å². The molecule has 154 valence electrons. The van der Waals surface area contributed by atoms with E-state index in [1.807, 2.05) is 11.0 Å². The van der Waals surface area contributed by atoms with Crippen LogP contribution in [0.4, 0.5) is 9.18 Å². The van der Waals surface area contributed by atoms with Crippen LogP contribution >= 0.6 is 0 Å². The third-order valence-corrected chi connectivity index (χ3v) is 6.22. The van der Waals surface area contributed by atoms with E-state index in [1.165, 1.54) is 17.7 Å². The van der Waals surface area contributed by atoms with Crippen LogP contribution in [0.5, 0.6) is 5.75 Å². The first kappa shape index (κ1) is 18.7. The number of benzene rings is 1. The predicted octanol–water partition coefficient (Wildman–Crippen LogP) is 4.05. The highest BCUT2D eigenvalue weighted by Crippen LogP contribution is 2.42. The molecule has 0 saturated carbocycles. The third-order valence-electron chi connectivity index (χ3n) is 6.22. The van der Waals surface area contributed by atoms with Gasteiger partial charge in [-0.25, -0.2) is 14.2 Å². The van der Waals surface area contributed by atoms with Gasteiger partial charge in [0.05, 0.1) is 7.11 Å². The number of allylic oxidation sites excluding steroid dienone is 1. The van der Waals surface area contributed by atoms with E-state index in [-0.39, 0.29) is 11.8 Å². The molecule has 0 unspecified atom stereocenters. The molecule has 1 aliphatic carbocycles. The van der Waals surface area contributed by atoms with Gasteiger partial charge in [0.2, 0.25) is 0 Å². The molecule has 0 radical (unpaired) electrons. The lowest BCUT2D eigenvalue weighted by molar-refractivity contribution is 0.209. The zero-order valence-electron chi connectivity index (χ0n) is 16.9. The lowest BCUT2D eigenvalue weighted by atomic mass is 9.99. The Morgan fingerprint density at radius 3 is 2.90 bits per heavy atom. The number of H-pyrrole nitrogens is 1. The van der Waals surface area contributed by atoms with Crippen LogP contribution in [0.3, 0.4) is 0 Å². The Morgan fingerprint density at radius 1 is 1.27 bits per heavy atom. The Balaban J connectivity index is 1.50. The maximum absolute atomic E-state index is 13.9. The van der Waals surface area contributed by atoms with E-state index in [0.717, 1.165) is 41.8 Å². The second-order valence-corrected chi connectivity index (χ2v) is 7.93. The molecule has 2 aromatic heterocycles. The summed E-state index contributed by atoms with van der Waals surface area (Å²) in [6, 6.07) is 8.49. The lowest BCUT2D eigenvalue weighted by Crippen LogP contribution is -2.36. The molecule has 2 aliphatic rings. The van der Waals surface area contributed by atoms with E-state index in [1.54, 1.807) is 26.4 Å². The van der Waals surface area contributed by atoms with Crippen molar-refractivity contribution < 1.29 is 13.9 Å². The van der Waals surface area contributed by atoms with Crippen molar-refractivity contribution in [3.63, 3.8) is 0 Å². The molecule has 2 amide bonds. The van der Waals surface area contributed by atoms with Crippen LogP contribution in [0.25, 0.3) is 27.7 Å². The smallest absolute Gasteiger partial charge is 0.317 e. The molecule has 1 aromatic carbocycles. The molecule has 0 bridgehead atoms. The SMILES string of the molecule is CNC(=O)N1C[C@H]2CC(c3cc4c(-c5cc(F)ccc5OC)ccnc4[nH]3)=C[C@H]2C1. The van der Waals surface area contributed by atoms with Gasteiger partial charge in [-0.1, -0.05) is 6.08 Å². The van der Waals surface area contributed by atoms with E-state index < -0.39 is 0 Å². The van der Waals surface area contributed by atoms with Crippen LogP contribution in [0.1, 0.15) is 12.1 Å². The minimum Gasteiger partial charge on any atom is -0.496 e. The zero-order chi connectivity index (χ0) is 20.8. The second kappa shape index (κ2) is 7.16. The molecule has 5 rings (SSSR count). The fourth-order valence-electron chi connectivity index (χ4n) is 4.76. The fraction of sp³-hybridized carbons (Fsp3) is 0.304. The number of nitrogens with zero attached hydrogens (tertiary/aromatic N) is 2. The summed E-state index contributed by atoms with van der Waals surface area (Å²) in [5.41, 5.74) is 4.62. The summed E-state index contributed by atoms with van der Waals surface area (Å²) in [5, 5.41) is 3.64. The zero-order valence-corrected chi connectivity index (χ0v) is 16.9. The van der Waals surface area contributed by atoms with Gasteiger partial charge in [-0.3, -0.25) is 0 Å². The molecular formula is C23H23FN4O2. The highest BCUT2D eigenvalue weighted by atomic mass is 19.1. The van der Waals surface area contributed by atoms with Gasteiger partial charge in [0.1, 0.15) is 17.2 Å². The lowest BCUT2D eigenvalue weighted by Gasteiger charge is -2.16. The maximum atomic E-state index is 13.9. The summed E-state index contributed by atoms with van der Waals surface area (Å²) in [6.45, 7) is 1.52. The number of hydrogen-bond acceptors (Lipinski definition) is 3. The average molecular weight is 406 g/mol. The number of ether oxygens (including phenoxy) is 1. The molecule has 3 aromatic rings. The Labute approximate surface area is 173 Å². The van der Waals surface area contributed by atoms with Crippen molar-refractivity contribution in [1.82, 2.24) is 20.2 Å². The van der Waals surface area contributed by atoms with Gasteiger partial charge in [-0.2, -0.15) is 0 Å². The largest absolute Gasteiger partial charge is 0.496 e. The Kier molecular flexibility index (Phi) is 4.46. The van der Waals surface area contributed by atoms with Crippen LogP contribution in [0.15, 0.2) is 42.6 Å². The molecule has 3 heterocycles. The molecule has 0 spiro atoms. The van der Waals surface area contributed by atoms with Gasteiger partial charge < -0.3 is 19.9 Å². The summed E-state index contributed by atoms with van der Waals surface area (Å²) in [5.74, 6) is 1.13. The van der Waals surface area contributed by atoms with Gasteiger partial charge in [-0.05, 0) is 59.7 Å². The van der Waals surface area contributed by atoms with Crippen LogP contribution in [-0.4, -0.2) is 48.1 Å². The summed E-state index contributed by atoms with van der Waals surface area (Å²) >= 11 is 0. The summed E-state index contributed by atoms with van der Waals surface area (Å²) in [4.78, 5) is 21.7. The molecule has 30 heavy (non-hydrogen) atoms. The number of methoxy groups -OCH3 is 1. The first-order valence-corrected chi connectivity index (χ1v) is 10.1. The van der Waals surface area contributed by atoms with Crippen molar-refractivity contribution in [3.8, 4) is 16.9 Å². The van der Waals surface area contributed by atoms with Crippen LogP contribution in [-0.2, 0) is 0 Å². The number of pyridine rings is 1. The minimum atomic E-state index is -0.307. The van der Waals surface area contributed by atoms with E-state index in [4.69, 9.17) is 4.74 Å². The van der Waals surface area contributed by atoms with Crippen molar-refractivity contribution >= 4 is 22.6 Å². The number of carbonyl (C=O) groups is 1. The predicted molar refractivity (Wildman–Crippen MR) is 114 cm³/mol. The number of rotatable bonds is 3. The van der Waals surface area contributed by atoms with E-state index in [9.17, 15) is 9.18 Å². The van der Waals surface area contributed by atoms with Crippen LogP contribution < -0.4 is 10.1 Å². The number of urea groups is 1. The van der Waals surface area contributed by atoms with Crippen molar-refractivity contribution in [3.05, 3.63) is 54.1 Å². The Bertz CT molecular complexity index is 1170. The summed E-state index contributed by atoms with van der Waals surface area (Å²) in [7, 11) is 3.25. The number of aromatic nitrogens is 2. The van der Waals surface area contributed by atoms with Crippen molar-refractivity contribution in [2.75, 3.05) is 27.2 Å². The number of likely N-dealkylation sites (tertiary alicyclic amines) is 1. The van der Waals surface area contributed by atoms with Crippen molar-refractivity contribution in [2.24, 2.45) is 11.8 Å². The number of aromatic amines is 1. The van der Waals surface area contributed by atoms with Gasteiger partial charge in [-0.15, -0.1) is 0 Å². The minimum absolute atomic E-state index is 0.0113.